The summed E-state index contributed by atoms with van der Waals surface area (Å²) in [5.74, 6) is -0.299. The van der Waals surface area contributed by atoms with Crippen LogP contribution in [0.5, 0.6) is 0 Å². The highest BCUT2D eigenvalue weighted by Gasteiger charge is 2.12. The molecule has 0 radical (unpaired) electrons. The van der Waals surface area contributed by atoms with Crippen LogP contribution in [0.25, 0.3) is 0 Å². The van der Waals surface area contributed by atoms with Crippen LogP contribution in [0, 0.1) is 0 Å². The highest BCUT2D eigenvalue weighted by atomic mass is 79.9. The average Bonchev–Trinajstić information content (AvgIpc) is 2.89. The van der Waals surface area contributed by atoms with Crippen molar-refractivity contribution in [2.24, 2.45) is 0 Å². The van der Waals surface area contributed by atoms with Crippen molar-refractivity contribution in [3.63, 3.8) is 0 Å². The molecule has 0 bridgehead atoms. The van der Waals surface area contributed by atoms with Gasteiger partial charge in [0.15, 0.2) is 0 Å². The number of amides is 1. The molecule has 2 rings (SSSR count). The number of aromatic amines is 1. The molecule has 0 saturated heterocycles. The van der Waals surface area contributed by atoms with Crippen molar-refractivity contribution in [1.82, 2.24) is 14.9 Å². The van der Waals surface area contributed by atoms with Gasteiger partial charge in [-0.15, -0.1) is 11.3 Å². The molecule has 106 valence electrons. The van der Waals surface area contributed by atoms with Crippen LogP contribution in [0.3, 0.4) is 0 Å². The van der Waals surface area contributed by atoms with Gasteiger partial charge in [0.1, 0.15) is 6.54 Å². The number of hydrogen-bond donors (Lipinski definition) is 2. The Morgan fingerprint density at radius 2 is 2.30 bits per heavy atom. The topological polar surface area (TPSA) is 84.0 Å². The minimum atomic E-state index is -0.614. The van der Waals surface area contributed by atoms with E-state index in [9.17, 15) is 14.4 Å². The highest BCUT2D eigenvalue weighted by Crippen LogP contribution is 2.17. The highest BCUT2D eigenvalue weighted by molar-refractivity contribution is 9.10. The van der Waals surface area contributed by atoms with Gasteiger partial charge in [0.2, 0.25) is 5.91 Å². The maximum Gasteiger partial charge on any atom is 0.328 e. The monoisotopic (exact) mass is 357 g/mol. The van der Waals surface area contributed by atoms with Crippen molar-refractivity contribution in [2.45, 2.75) is 19.5 Å². The van der Waals surface area contributed by atoms with Crippen LogP contribution in [0.4, 0.5) is 0 Å². The lowest BCUT2D eigenvalue weighted by atomic mass is 10.3. The third-order valence-electron chi connectivity index (χ3n) is 2.63. The third-order valence-corrected chi connectivity index (χ3v) is 4.25. The smallest absolute Gasteiger partial charge is 0.328 e. The Balaban J connectivity index is 2.07. The molecule has 0 fully saturated rings. The summed E-state index contributed by atoms with van der Waals surface area (Å²) in [6.07, 6.45) is 1.30. The standard InChI is InChI=1S/C12H12BrN3O3S/c1-7(9-3-2-4-20-9)14-10(17)6-16-5-8(13)11(18)15-12(16)19/h2-5,7H,6H2,1H3,(H,14,17)(H,15,18,19). The van der Waals surface area contributed by atoms with Crippen LogP contribution in [0.15, 0.2) is 37.8 Å². The fourth-order valence-corrected chi connectivity index (χ4v) is 2.73. The van der Waals surface area contributed by atoms with Crippen LogP contribution < -0.4 is 16.6 Å². The van der Waals surface area contributed by atoms with E-state index < -0.39 is 11.2 Å². The maximum absolute atomic E-state index is 11.9. The number of nitrogens with zero attached hydrogens (tertiary/aromatic N) is 1. The summed E-state index contributed by atoms with van der Waals surface area (Å²) in [7, 11) is 0. The number of H-pyrrole nitrogens is 1. The van der Waals surface area contributed by atoms with E-state index >= 15 is 0 Å². The van der Waals surface area contributed by atoms with Gasteiger partial charge in [-0.25, -0.2) is 4.79 Å². The Kier molecular flexibility index (Phi) is 4.56. The maximum atomic E-state index is 11.9. The summed E-state index contributed by atoms with van der Waals surface area (Å²) in [5.41, 5.74) is -1.13. The van der Waals surface area contributed by atoms with Crippen molar-refractivity contribution in [2.75, 3.05) is 0 Å². The Bertz CT molecular complexity index is 720. The molecule has 2 aromatic rings. The number of carbonyl (C=O) groups is 1. The molecule has 2 N–H and O–H groups in total. The van der Waals surface area contributed by atoms with Crippen molar-refractivity contribution < 1.29 is 4.79 Å². The minimum absolute atomic E-state index is 0.121. The summed E-state index contributed by atoms with van der Waals surface area (Å²) in [4.78, 5) is 37.8. The minimum Gasteiger partial charge on any atom is -0.347 e. The zero-order valence-electron chi connectivity index (χ0n) is 10.6. The van der Waals surface area contributed by atoms with Crippen molar-refractivity contribution >= 4 is 33.2 Å². The van der Waals surface area contributed by atoms with Gasteiger partial charge in [-0.05, 0) is 34.3 Å². The molecule has 2 heterocycles. The lowest BCUT2D eigenvalue weighted by molar-refractivity contribution is -0.122. The van der Waals surface area contributed by atoms with Crippen LogP contribution >= 0.6 is 27.3 Å². The Hall–Kier alpha value is -1.67. The van der Waals surface area contributed by atoms with E-state index in [4.69, 9.17) is 0 Å². The number of hydrogen-bond acceptors (Lipinski definition) is 4. The molecule has 8 heteroatoms. The fraction of sp³-hybridized carbons (Fsp3) is 0.250. The van der Waals surface area contributed by atoms with Gasteiger partial charge in [0.25, 0.3) is 5.56 Å². The number of aromatic nitrogens is 2. The van der Waals surface area contributed by atoms with Gasteiger partial charge >= 0.3 is 5.69 Å². The quantitative estimate of drug-likeness (QED) is 0.863. The summed E-state index contributed by atoms with van der Waals surface area (Å²) in [5, 5.41) is 4.73. The number of carbonyl (C=O) groups excluding carboxylic acids is 1. The first-order valence-electron chi connectivity index (χ1n) is 5.79. The zero-order valence-corrected chi connectivity index (χ0v) is 13.0. The predicted molar refractivity (Wildman–Crippen MR) is 79.9 cm³/mol. The average molecular weight is 358 g/mol. The molecule has 6 nitrogen and oxygen atoms in total. The molecule has 0 saturated carbocycles. The third kappa shape index (κ3) is 3.45. The molecule has 0 spiro atoms. The normalized spacial score (nSPS) is 12.1. The van der Waals surface area contributed by atoms with Crippen molar-refractivity contribution in [3.8, 4) is 0 Å². The molecule has 1 atom stereocenters. The summed E-state index contributed by atoms with van der Waals surface area (Å²) in [6.45, 7) is 1.72. The van der Waals surface area contributed by atoms with Gasteiger partial charge in [-0.3, -0.25) is 19.1 Å². The van der Waals surface area contributed by atoms with E-state index in [1.807, 2.05) is 24.4 Å². The largest absolute Gasteiger partial charge is 0.347 e. The van der Waals surface area contributed by atoms with Crippen LogP contribution in [0.1, 0.15) is 17.8 Å². The van der Waals surface area contributed by atoms with E-state index in [0.29, 0.717) is 0 Å². The molecule has 0 aromatic carbocycles. The van der Waals surface area contributed by atoms with Gasteiger partial charge in [0.05, 0.1) is 10.5 Å². The number of halogens is 1. The zero-order chi connectivity index (χ0) is 14.7. The summed E-state index contributed by atoms with van der Waals surface area (Å²) in [6, 6.07) is 3.72. The Morgan fingerprint density at radius 3 is 2.95 bits per heavy atom. The van der Waals surface area contributed by atoms with Crippen molar-refractivity contribution in [1.29, 1.82) is 0 Å². The Morgan fingerprint density at radius 1 is 1.55 bits per heavy atom. The first-order valence-corrected chi connectivity index (χ1v) is 7.46. The Labute approximate surface area is 126 Å². The molecular weight excluding hydrogens is 346 g/mol. The molecular formula is C12H12BrN3O3S. The van der Waals surface area contributed by atoms with Gasteiger partial charge in [-0.1, -0.05) is 6.07 Å². The number of thiophene rings is 1. The number of rotatable bonds is 4. The molecule has 0 aliphatic carbocycles. The van der Waals surface area contributed by atoms with E-state index in [-0.39, 0.29) is 23.0 Å². The van der Waals surface area contributed by atoms with E-state index in [0.717, 1.165) is 9.44 Å². The molecule has 0 aliphatic rings. The fourth-order valence-electron chi connectivity index (χ4n) is 1.65. The van der Waals surface area contributed by atoms with E-state index in [2.05, 4.69) is 26.2 Å². The van der Waals surface area contributed by atoms with Crippen LogP contribution in [0.2, 0.25) is 0 Å². The van der Waals surface area contributed by atoms with Gasteiger partial charge in [0, 0.05) is 11.1 Å². The lowest BCUT2D eigenvalue weighted by Gasteiger charge is -2.12. The second-order valence-corrected chi connectivity index (χ2v) is 6.00. The SMILES string of the molecule is CC(NC(=O)Cn1cc(Br)c(=O)[nH]c1=O)c1cccs1. The first-order chi connectivity index (χ1) is 9.47. The second-order valence-electron chi connectivity index (χ2n) is 4.17. The van der Waals surface area contributed by atoms with Gasteiger partial charge < -0.3 is 5.32 Å². The molecule has 2 aromatic heterocycles. The van der Waals surface area contributed by atoms with E-state index in [1.165, 1.54) is 6.20 Å². The lowest BCUT2D eigenvalue weighted by Crippen LogP contribution is -2.36. The van der Waals surface area contributed by atoms with Crippen LogP contribution in [-0.2, 0) is 11.3 Å². The molecule has 1 unspecified atom stereocenters. The molecule has 20 heavy (non-hydrogen) atoms. The van der Waals surface area contributed by atoms with Gasteiger partial charge in [-0.2, -0.15) is 0 Å². The predicted octanol–water partition coefficient (Wildman–Crippen LogP) is 1.24. The molecule has 1 amide bonds. The number of nitrogens with one attached hydrogen (secondary N) is 2. The summed E-state index contributed by atoms with van der Waals surface area (Å²) >= 11 is 4.57. The van der Waals surface area contributed by atoms with Crippen LogP contribution in [-0.4, -0.2) is 15.5 Å². The van der Waals surface area contributed by atoms with E-state index in [1.54, 1.807) is 11.3 Å². The van der Waals surface area contributed by atoms with Crippen molar-refractivity contribution in [3.05, 3.63) is 53.9 Å². The first kappa shape index (κ1) is 14.7. The summed E-state index contributed by atoms with van der Waals surface area (Å²) < 4.78 is 1.35. The second kappa shape index (κ2) is 6.19. The molecule has 0 aliphatic heterocycles.